The molecule has 5 heteroatoms. The van der Waals surface area contributed by atoms with Gasteiger partial charge in [-0.3, -0.25) is 0 Å². The Balaban J connectivity index is 2.00. The number of halogens is 2. The van der Waals surface area contributed by atoms with Crippen molar-refractivity contribution in [1.29, 1.82) is 0 Å². The first-order chi connectivity index (χ1) is 9.58. The van der Waals surface area contributed by atoms with E-state index in [4.69, 9.17) is 20.8 Å². The average Bonchev–Trinajstić information content (AvgIpc) is 2.85. The zero-order valence-corrected chi connectivity index (χ0v) is 12.2. The lowest BCUT2D eigenvalue weighted by molar-refractivity contribution is 0.286. The molecule has 0 fully saturated rings. The molecule has 0 aliphatic carbocycles. The monoisotopic (exact) mass is 297 g/mol. The van der Waals surface area contributed by atoms with Crippen molar-refractivity contribution in [1.82, 2.24) is 5.32 Å². The number of rotatable bonds is 6. The largest absolute Gasteiger partial charge is 0.486 e. The summed E-state index contributed by atoms with van der Waals surface area (Å²) in [4.78, 5) is 0. The summed E-state index contributed by atoms with van der Waals surface area (Å²) in [6, 6.07) is 6.86. The van der Waals surface area contributed by atoms with Gasteiger partial charge in [0.05, 0.1) is 17.8 Å². The summed E-state index contributed by atoms with van der Waals surface area (Å²) >= 11 is 5.71. The Bertz CT molecular complexity index is 569. The normalized spacial score (nSPS) is 11.1. The predicted octanol–water partition coefficient (Wildman–Crippen LogP) is 4.15. The maximum Gasteiger partial charge on any atom is 0.183 e. The Morgan fingerprint density at radius 3 is 2.90 bits per heavy atom. The molecule has 3 nitrogen and oxygen atoms in total. The van der Waals surface area contributed by atoms with Crippen molar-refractivity contribution < 1.29 is 13.5 Å². The van der Waals surface area contributed by atoms with Crippen LogP contribution in [0.25, 0.3) is 0 Å². The van der Waals surface area contributed by atoms with Crippen LogP contribution < -0.4 is 10.1 Å². The van der Waals surface area contributed by atoms with Gasteiger partial charge in [0, 0.05) is 11.6 Å². The number of hydrogen-bond acceptors (Lipinski definition) is 3. The summed E-state index contributed by atoms with van der Waals surface area (Å²) in [5.41, 5.74) is 0.887. The Morgan fingerprint density at radius 1 is 1.35 bits per heavy atom. The Hall–Kier alpha value is -1.52. The van der Waals surface area contributed by atoms with E-state index in [0.29, 0.717) is 12.6 Å². The van der Waals surface area contributed by atoms with Crippen LogP contribution in [-0.4, -0.2) is 6.04 Å². The molecule has 0 aliphatic rings. The van der Waals surface area contributed by atoms with E-state index in [9.17, 15) is 4.39 Å². The molecule has 0 aliphatic heterocycles. The van der Waals surface area contributed by atoms with Crippen molar-refractivity contribution in [3.63, 3.8) is 0 Å². The summed E-state index contributed by atoms with van der Waals surface area (Å²) in [7, 11) is 0. The number of hydrogen-bond donors (Lipinski definition) is 1. The molecule has 2 rings (SSSR count). The highest BCUT2D eigenvalue weighted by atomic mass is 35.5. The van der Waals surface area contributed by atoms with Crippen LogP contribution in [0.15, 0.2) is 34.9 Å². The topological polar surface area (TPSA) is 34.4 Å². The Morgan fingerprint density at radius 2 is 2.15 bits per heavy atom. The molecule has 0 saturated heterocycles. The summed E-state index contributed by atoms with van der Waals surface area (Å²) in [5, 5.41) is 3.31. The molecular weight excluding hydrogens is 281 g/mol. The molecular formula is C15H17ClFNO2. The summed E-state index contributed by atoms with van der Waals surface area (Å²) in [6.07, 6.45) is 1.60. The van der Waals surface area contributed by atoms with Gasteiger partial charge in [0.1, 0.15) is 12.4 Å². The molecule has 0 spiro atoms. The first-order valence-corrected chi connectivity index (χ1v) is 6.81. The third-order valence-electron chi connectivity index (χ3n) is 2.81. The zero-order valence-electron chi connectivity index (χ0n) is 11.5. The van der Waals surface area contributed by atoms with Crippen molar-refractivity contribution in [3.05, 3.63) is 52.7 Å². The van der Waals surface area contributed by atoms with E-state index >= 15 is 0 Å². The third kappa shape index (κ3) is 3.74. The number of benzene rings is 1. The molecule has 20 heavy (non-hydrogen) atoms. The van der Waals surface area contributed by atoms with Gasteiger partial charge >= 0.3 is 0 Å². The molecule has 0 radical (unpaired) electrons. The fourth-order valence-electron chi connectivity index (χ4n) is 1.70. The molecule has 2 aromatic rings. The van der Waals surface area contributed by atoms with Crippen LogP contribution in [-0.2, 0) is 13.2 Å². The van der Waals surface area contributed by atoms with E-state index < -0.39 is 5.82 Å². The summed E-state index contributed by atoms with van der Waals surface area (Å²) in [6.45, 7) is 4.96. The lowest BCUT2D eigenvalue weighted by Gasteiger charge is -2.10. The maximum absolute atomic E-state index is 13.7. The third-order valence-corrected chi connectivity index (χ3v) is 3.10. The van der Waals surface area contributed by atoms with Gasteiger partial charge in [-0.15, -0.1) is 0 Å². The van der Waals surface area contributed by atoms with Crippen molar-refractivity contribution in [2.24, 2.45) is 0 Å². The fourth-order valence-corrected chi connectivity index (χ4v) is 1.86. The van der Waals surface area contributed by atoms with E-state index in [1.54, 1.807) is 18.4 Å². The molecule has 1 aromatic heterocycles. The lowest BCUT2D eigenvalue weighted by atomic mass is 10.2. The average molecular weight is 298 g/mol. The molecule has 0 amide bonds. The SMILES string of the molecule is CC(C)NCc1occc1COc1cccc(Cl)c1F. The van der Waals surface area contributed by atoms with E-state index in [2.05, 4.69) is 19.2 Å². The first-order valence-electron chi connectivity index (χ1n) is 6.43. The minimum absolute atomic E-state index is 0.0522. The van der Waals surface area contributed by atoms with Gasteiger partial charge in [-0.2, -0.15) is 0 Å². The maximum atomic E-state index is 13.7. The Labute approximate surface area is 122 Å². The molecule has 108 valence electrons. The number of ether oxygens (including phenoxy) is 1. The molecule has 0 saturated carbocycles. The highest BCUT2D eigenvalue weighted by Gasteiger charge is 2.11. The predicted molar refractivity (Wildman–Crippen MR) is 76.4 cm³/mol. The van der Waals surface area contributed by atoms with Gasteiger partial charge < -0.3 is 14.5 Å². The molecule has 1 aromatic carbocycles. The highest BCUT2D eigenvalue weighted by molar-refractivity contribution is 6.30. The Kier molecular flexibility index (Phi) is 5.04. The van der Waals surface area contributed by atoms with Gasteiger partial charge in [0.25, 0.3) is 0 Å². The van der Waals surface area contributed by atoms with Crippen LogP contribution in [0.4, 0.5) is 4.39 Å². The van der Waals surface area contributed by atoms with Crippen LogP contribution in [0.2, 0.25) is 5.02 Å². The fraction of sp³-hybridized carbons (Fsp3) is 0.333. The van der Waals surface area contributed by atoms with E-state index in [1.807, 2.05) is 6.07 Å². The van der Waals surface area contributed by atoms with Crippen LogP contribution in [0.3, 0.4) is 0 Å². The number of nitrogens with one attached hydrogen (secondary N) is 1. The minimum Gasteiger partial charge on any atom is -0.486 e. The molecule has 1 N–H and O–H groups in total. The second-order valence-corrected chi connectivity index (χ2v) is 5.15. The smallest absolute Gasteiger partial charge is 0.183 e. The van der Waals surface area contributed by atoms with E-state index in [1.165, 1.54) is 6.07 Å². The quantitative estimate of drug-likeness (QED) is 0.870. The van der Waals surface area contributed by atoms with Crippen molar-refractivity contribution in [2.45, 2.75) is 33.0 Å². The highest BCUT2D eigenvalue weighted by Crippen LogP contribution is 2.25. The molecule has 0 unspecified atom stereocenters. The molecule has 0 bridgehead atoms. The van der Waals surface area contributed by atoms with Crippen molar-refractivity contribution in [3.8, 4) is 5.75 Å². The number of furan rings is 1. The zero-order chi connectivity index (χ0) is 14.5. The minimum atomic E-state index is -0.542. The summed E-state index contributed by atoms with van der Waals surface area (Å²) in [5.74, 6) is 0.391. The summed E-state index contributed by atoms with van der Waals surface area (Å²) < 4.78 is 24.5. The van der Waals surface area contributed by atoms with Gasteiger partial charge in [0.2, 0.25) is 0 Å². The molecule has 0 atom stereocenters. The van der Waals surface area contributed by atoms with Crippen LogP contribution >= 0.6 is 11.6 Å². The van der Waals surface area contributed by atoms with Gasteiger partial charge in [0.15, 0.2) is 11.6 Å². The lowest BCUT2D eigenvalue weighted by Crippen LogP contribution is -2.22. The van der Waals surface area contributed by atoms with Gasteiger partial charge in [-0.25, -0.2) is 4.39 Å². The second kappa shape index (κ2) is 6.77. The van der Waals surface area contributed by atoms with Crippen LogP contribution in [0, 0.1) is 5.82 Å². The molecule has 1 heterocycles. The van der Waals surface area contributed by atoms with Crippen LogP contribution in [0.1, 0.15) is 25.2 Å². The standard InChI is InChI=1S/C15H17ClFNO2/c1-10(2)18-8-14-11(6-7-19-14)9-20-13-5-3-4-12(16)15(13)17/h3-7,10,18H,8-9H2,1-2H3. The second-order valence-electron chi connectivity index (χ2n) is 4.75. The van der Waals surface area contributed by atoms with E-state index in [0.717, 1.165) is 11.3 Å². The van der Waals surface area contributed by atoms with Crippen LogP contribution in [0.5, 0.6) is 5.75 Å². The van der Waals surface area contributed by atoms with Gasteiger partial charge in [-0.1, -0.05) is 31.5 Å². The van der Waals surface area contributed by atoms with E-state index in [-0.39, 0.29) is 17.4 Å². The van der Waals surface area contributed by atoms with Gasteiger partial charge in [-0.05, 0) is 18.2 Å². The van der Waals surface area contributed by atoms with Crippen molar-refractivity contribution in [2.75, 3.05) is 0 Å². The van der Waals surface area contributed by atoms with Crippen molar-refractivity contribution >= 4 is 11.6 Å². The first kappa shape index (κ1) is 14.9.